The monoisotopic (exact) mass is 435 g/mol. The Hall–Kier alpha value is -2.49. The van der Waals surface area contributed by atoms with Gasteiger partial charge in [-0.2, -0.15) is 4.31 Å². The van der Waals surface area contributed by atoms with Crippen molar-refractivity contribution in [1.82, 2.24) is 4.31 Å². The van der Waals surface area contributed by atoms with Crippen LogP contribution in [0.1, 0.15) is 12.5 Å². The van der Waals surface area contributed by atoms with Gasteiger partial charge in [-0.05, 0) is 42.0 Å². The minimum Gasteiger partial charge on any atom is -0.378 e. The second-order valence-corrected chi connectivity index (χ2v) is 8.98. The molecule has 0 aromatic heterocycles. The second-order valence-electron chi connectivity index (χ2n) is 7.01. The lowest BCUT2D eigenvalue weighted by Crippen LogP contribution is -2.38. The molecule has 0 aliphatic carbocycles. The molecule has 1 saturated heterocycles. The lowest BCUT2D eigenvalue weighted by Gasteiger charge is -2.29. The zero-order valence-corrected chi connectivity index (χ0v) is 17.7. The van der Waals surface area contributed by atoms with Crippen LogP contribution < -0.4 is 10.2 Å². The molecule has 162 valence electrons. The van der Waals surface area contributed by atoms with E-state index in [-0.39, 0.29) is 18.8 Å². The summed E-state index contributed by atoms with van der Waals surface area (Å²) in [5.41, 5.74) is 1.98. The quantitative estimate of drug-likeness (QED) is 0.689. The predicted molar refractivity (Wildman–Crippen MR) is 114 cm³/mol. The van der Waals surface area contributed by atoms with Crippen LogP contribution in [-0.2, 0) is 25.3 Å². The number of rotatable bonds is 8. The Morgan fingerprint density at radius 3 is 2.50 bits per heavy atom. The molecular weight excluding hydrogens is 409 g/mol. The Labute approximate surface area is 176 Å². The van der Waals surface area contributed by atoms with Crippen LogP contribution in [0.5, 0.6) is 0 Å². The summed E-state index contributed by atoms with van der Waals surface area (Å²) in [5.74, 6) is -1.29. The van der Waals surface area contributed by atoms with Gasteiger partial charge in [0, 0.05) is 31.0 Å². The van der Waals surface area contributed by atoms with Gasteiger partial charge in [-0.15, -0.1) is 0 Å². The number of hydrogen-bond acceptors (Lipinski definition) is 5. The predicted octanol–water partition coefficient (Wildman–Crippen LogP) is 2.45. The second kappa shape index (κ2) is 10.0. The number of morpholine rings is 1. The van der Waals surface area contributed by atoms with E-state index in [1.807, 2.05) is 12.1 Å². The number of nitrogens with one attached hydrogen (secondary N) is 1. The van der Waals surface area contributed by atoms with Crippen LogP contribution in [-0.4, -0.2) is 58.0 Å². The summed E-state index contributed by atoms with van der Waals surface area (Å²) in [4.78, 5) is 14.6. The lowest BCUT2D eigenvalue weighted by atomic mass is 10.2. The Balaban J connectivity index is 1.59. The highest BCUT2D eigenvalue weighted by Gasteiger charge is 2.24. The van der Waals surface area contributed by atoms with Crippen LogP contribution >= 0.6 is 0 Å². The topological polar surface area (TPSA) is 79.0 Å². The molecule has 0 bridgehead atoms. The van der Waals surface area contributed by atoms with E-state index in [9.17, 15) is 17.6 Å². The van der Waals surface area contributed by atoms with Crippen molar-refractivity contribution in [2.75, 3.05) is 49.6 Å². The van der Waals surface area contributed by atoms with Crippen LogP contribution in [0.15, 0.2) is 48.5 Å². The zero-order chi connectivity index (χ0) is 21.6. The molecule has 1 amide bonds. The number of halogens is 1. The van der Waals surface area contributed by atoms with Crippen molar-refractivity contribution in [3.63, 3.8) is 0 Å². The molecule has 1 aliphatic heterocycles. The Kier molecular flexibility index (Phi) is 7.41. The number of likely N-dealkylation sites (N-methyl/N-ethyl adjacent to an activating group) is 1. The summed E-state index contributed by atoms with van der Waals surface area (Å²) in [6.45, 7) is 4.51. The van der Waals surface area contributed by atoms with Crippen molar-refractivity contribution in [2.45, 2.75) is 12.7 Å². The van der Waals surface area contributed by atoms with Crippen LogP contribution in [0.4, 0.5) is 15.8 Å². The molecular formula is C21H26FN3O4S. The summed E-state index contributed by atoms with van der Waals surface area (Å²) in [6.07, 6.45) is 0. The van der Waals surface area contributed by atoms with E-state index in [0.29, 0.717) is 24.5 Å². The summed E-state index contributed by atoms with van der Waals surface area (Å²) in [7, 11) is -3.76. The van der Waals surface area contributed by atoms with Crippen molar-refractivity contribution in [1.29, 1.82) is 0 Å². The van der Waals surface area contributed by atoms with Crippen LogP contribution in [0.25, 0.3) is 0 Å². The first-order chi connectivity index (χ1) is 14.4. The zero-order valence-electron chi connectivity index (χ0n) is 16.9. The molecule has 1 heterocycles. The number of nitrogens with zero attached hydrogens (tertiary/aromatic N) is 2. The highest BCUT2D eigenvalue weighted by molar-refractivity contribution is 7.88. The average Bonchev–Trinajstić information content (AvgIpc) is 2.73. The fourth-order valence-electron chi connectivity index (χ4n) is 3.27. The van der Waals surface area contributed by atoms with Crippen LogP contribution in [0.2, 0.25) is 0 Å². The maximum Gasteiger partial charge on any atom is 0.239 e. The Morgan fingerprint density at radius 1 is 1.17 bits per heavy atom. The van der Waals surface area contributed by atoms with Gasteiger partial charge in [0.1, 0.15) is 5.82 Å². The van der Waals surface area contributed by atoms with Gasteiger partial charge in [-0.25, -0.2) is 12.8 Å². The third kappa shape index (κ3) is 6.01. The number of amides is 1. The first-order valence-electron chi connectivity index (χ1n) is 9.82. The summed E-state index contributed by atoms with van der Waals surface area (Å²) in [5, 5.41) is 2.73. The van der Waals surface area contributed by atoms with Gasteiger partial charge in [0.25, 0.3) is 0 Å². The van der Waals surface area contributed by atoms with Gasteiger partial charge in [0.2, 0.25) is 15.9 Å². The molecule has 1 aliphatic rings. The van der Waals surface area contributed by atoms with Gasteiger partial charge in [-0.1, -0.05) is 19.1 Å². The number of ether oxygens (including phenoxy) is 1. The smallest absolute Gasteiger partial charge is 0.239 e. The molecule has 30 heavy (non-hydrogen) atoms. The fraction of sp³-hybridized carbons (Fsp3) is 0.381. The average molecular weight is 436 g/mol. The van der Waals surface area contributed by atoms with Crippen molar-refractivity contribution in [3.8, 4) is 0 Å². The minimum absolute atomic E-state index is 0.140. The molecule has 0 radical (unpaired) electrons. The van der Waals surface area contributed by atoms with Crippen molar-refractivity contribution >= 4 is 27.3 Å². The molecule has 1 N–H and O–H groups in total. The van der Waals surface area contributed by atoms with E-state index in [0.717, 1.165) is 23.1 Å². The highest BCUT2D eigenvalue weighted by Crippen LogP contribution is 2.19. The van der Waals surface area contributed by atoms with Crippen molar-refractivity contribution in [2.24, 2.45) is 0 Å². The van der Waals surface area contributed by atoms with E-state index in [4.69, 9.17) is 4.74 Å². The Morgan fingerprint density at radius 2 is 1.87 bits per heavy atom. The van der Waals surface area contributed by atoms with E-state index < -0.39 is 21.7 Å². The summed E-state index contributed by atoms with van der Waals surface area (Å²) >= 11 is 0. The molecule has 0 spiro atoms. The SMILES string of the molecule is CCN(CC(=O)Nc1ccc(N2CCOCC2)cc1)S(=O)(=O)Cc1cccc(F)c1. The normalized spacial score (nSPS) is 14.7. The third-order valence-corrected chi connectivity index (χ3v) is 6.70. The third-order valence-electron chi connectivity index (χ3n) is 4.83. The molecule has 0 unspecified atom stereocenters. The lowest BCUT2D eigenvalue weighted by molar-refractivity contribution is -0.116. The first-order valence-corrected chi connectivity index (χ1v) is 11.4. The molecule has 9 heteroatoms. The van der Waals surface area contributed by atoms with Gasteiger partial charge in [0.05, 0.1) is 25.5 Å². The molecule has 7 nitrogen and oxygen atoms in total. The number of anilines is 2. The molecule has 3 rings (SSSR count). The highest BCUT2D eigenvalue weighted by atomic mass is 32.2. The maximum absolute atomic E-state index is 13.3. The summed E-state index contributed by atoms with van der Waals surface area (Å²) in [6, 6.07) is 12.9. The van der Waals surface area contributed by atoms with E-state index >= 15 is 0 Å². The van der Waals surface area contributed by atoms with Crippen molar-refractivity contribution < 1.29 is 22.3 Å². The van der Waals surface area contributed by atoms with Gasteiger partial charge in [0.15, 0.2) is 0 Å². The molecule has 2 aromatic rings. The number of hydrogen-bond donors (Lipinski definition) is 1. The molecule has 1 fully saturated rings. The van der Waals surface area contributed by atoms with Crippen molar-refractivity contribution in [3.05, 3.63) is 59.9 Å². The standard InChI is InChI=1S/C21H26FN3O4S/c1-2-25(30(27,28)16-17-4-3-5-18(22)14-17)15-21(26)23-19-6-8-20(9-7-19)24-10-12-29-13-11-24/h3-9,14H,2,10-13,15-16H2,1H3,(H,23,26). The van der Waals surface area contributed by atoms with Gasteiger partial charge >= 0.3 is 0 Å². The first kappa shape index (κ1) is 22.2. The van der Waals surface area contributed by atoms with Crippen LogP contribution in [0, 0.1) is 5.82 Å². The summed E-state index contributed by atoms with van der Waals surface area (Å²) < 4.78 is 45.1. The number of benzene rings is 2. The largest absolute Gasteiger partial charge is 0.378 e. The van der Waals surface area contributed by atoms with Crippen LogP contribution in [0.3, 0.4) is 0 Å². The number of carbonyl (C=O) groups excluding carboxylic acids is 1. The maximum atomic E-state index is 13.3. The number of sulfonamides is 1. The van der Waals surface area contributed by atoms with E-state index in [2.05, 4.69) is 10.2 Å². The fourth-order valence-corrected chi connectivity index (χ4v) is 4.76. The van der Waals surface area contributed by atoms with Gasteiger partial charge in [-0.3, -0.25) is 4.79 Å². The van der Waals surface area contributed by atoms with Gasteiger partial charge < -0.3 is 15.0 Å². The number of carbonyl (C=O) groups is 1. The minimum atomic E-state index is -3.76. The molecule has 2 aromatic carbocycles. The molecule has 0 saturated carbocycles. The van der Waals surface area contributed by atoms with E-state index in [1.54, 1.807) is 25.1 Å². The van der Waals surface area contributed by atoms with E-state index in [1.165, 1.54) is 18.2 Å². The molecule has 0 atom stereocenters. The Bertz CT molecular complexity index is 960.